The van der Waals surface area contributed by atoms with Crippen LogP contribution in [0.5, 0.6) is 5.75 Å². The van der Waals surface area contributed by atoms with Crippen molar-refractivity contribution < 1.29 is 9.53 Å². The first kappa shape index (κ1) is 18.3. The fraction of sp³-hybridized carbons (Fsp3) is 0.350. The van der Waals surface area contributed by atoms with Crippen LogP contribution in [0.15, 0.2) is 36.4 Å². The molecule has 24 heavy (non-hydrogen) atoms. The topological polar surface area (TPSA) is 38.3 Å². The van der Waals surface area contributed by atoms with Crippen LogP contribution in [0.3, 0.4) is 0 Å². The third-order valence-electron chi connectivity index (χ3n) is 4.00. The van der Waals surface area contributed by atoms with Crippen LogP contribution in [0.4, 0.5) is 5.69 Å². The second-order valence-electron chi connectivity index (χ2n) is 5.83. The number of anilines is 1. The molecule has 1 unspecified atom stereocenters. The molecule has 0 aromatic heterocycles. The molecule has 2 rings (SSSR count). The van der Waals surface area contributed by atoms with Gasteiger partial charge in [0, 0.05) is 10.7 Å². The minimum absolute atomic E-state index is 0.178. The van der Waals surface area contributed by atoms with Crippen molar-refractivity contribution in [3.63, 3.8) is 0 Å². The molecule has 0 aliphatic rings. The summed E-state index contributed by atoms with van der Waals surface area (Å²) in [5, 5.41) is 3.69. The fourth-order valence-corrected chi connectivity index (χ4v) is 2.93. The summed E-state index contributed by atoms with van der Waals surface area (Å²) in [5.41, 5.74) is 3.95. The number of hydrogen-bond donors (Lipinski definition) is 1. The minimum Gasteiger partial charge on any atom is -0.481 e. The maximum atomic E-state index is 12.6. The van der Waals surface area contributed by atoms with Crippen LogP contribution in [0.1, 0.15) is 37.5 Å². The van der Waals surface area contributed by atoms with Gasteiger partial charge in [0.15, 0.2) is 6.10 Å². The van der Waals surface area contributed by atoms with E-state index in [0.717, 1.165) is 35.2 Å². The molecule has 0 aliphatic carbocycles. The Labute approximate surface area is 149 Å². The van der Waals surface area contributed by atoms with E-state index < -0.39 is 6.10 Å². The number of carbonyl (C=O) groups is 1. The van der Waals surface area contributed by atoms with Crippen LogP contribution in [-0.2, 0) is 17.6 Å². The zero-order valence-corrected chi connectivity index (χ0v) is 15.4. The van der Waals surface area contributed by atoms with E-state index in [1.165, 1.54) is 0 Å². The molecule has 2 aromatic rings. The van der Waals surface area contributed by atoms with Gasteiger partial charge in [-0.15, -0.1) is 0 Å². The lowest BCUT2D eigenvalue weighted by Crippen LogP contribution is -2.31. The zero-order chi connectivity index (χ0) is 17.7. The van der Waals surface area contributed by atoms with Crippen molar-refractivity contribution in [3.8, 4) is 5.75 Å². The Morgan fingerprint density at radius 1 is 1.21 bits per heavy atom. The molecule has 0 aliphatic heterocycles. The number of amides is 1. The summed E-state index contributed by atoms with van der Waals surface area (Å²) in [6.45, 7) is 7.83. The first-order chi connectivity index (χ1) is 11.5. The second kappa shape index (κ2) is 8.20. The molecular weight excluding hydrogens is 322 g/mol. The molecule has 0 spiro atoms. The summed E-state index contributed by atoms with van der Waals surface area (Å²) in [7, 11) is 0. The molecule has 0 saturated carbocycles. The average molecular weight is 346 g/mol. The number of nitrogens with one attached hydrogen (secondary N) is 1. The Hall–Kier alpha value is -2.00. The molecule has 2 aromatic carbocycles. The van der Waals surface area contributed by atoms with Crippen molar-refractivity contribution >= 4 is 23.2 Å². The van der Waals surface area contributed by atoms with E-state index in [1.54, 1.807) is 6.92 Å². The highest BCUT2D eigenvalue weighted by Crippen LogP contribution is 2.29. The van der Waals surface area contributed by atoms with E-state index in [0.29, 0.717) is 10.8 Å². The van der Waals surface area contributed by atoms with Gasteiger partial charge in [-0.3, -0.25) is 4.79 Å². The molecular formula is C20H24ClNO2. The lowest BCUT2D eigenvalue weighted by Gasteiger charge is -2.19. The summed E-state index contributed by atoms with van der Waals surface area (Å²) in [6.07, 6.45) is 0.989. The summed E-state index contributed by atoms with van der Waals surface area (Å²) in [5.74, 6) is 0.512. The van der Waals surface area contributed by atoms with Gasteiger partial charge in [-0.05, 0) is 61.6 Å². The molecule has 0 radical (unpaired) electrons. The van der Waals surface area contributed by atoms with Crippen LogP contribution in [-0.4, -0.2) is 12.0 Å². The Morgan fingerprint density at radius 2 is 1.96 bits per heavy atom. The lowest BCUT2D eigenvalue weighted by atomic mass is 10.0. The average Bonchev–Trinajstić information content (AvgIpc) is 2.55. The third kappa shape index (κ3) is 4.30. The van der Waals surface area contributed by atoms with Gasteiger partial charge in [-0.1, -0.05) is 43.6 Å². The lowest BCUT2D eigenvalue weighted by molar-refractivity contribution is -0.122. The van der Waals surface area contributed by atoms with Gasteiger partial charge in [0.25, 0.3) is 5.91 Å². The molecule has 1 N–H and O–H groups in total. The number of ether oxygens (including phenoxy) is 1. The molecule has 1 amide bonds. The van der Waals surface area contributed by atoms with Crippen molar-refractivity contribution in [3.05, 3.63) is 58.1 Å². The number of hydrogen-bond acceptors (Lipinski definition) is 2. The summed E-state index contributed by atoms with van der Waals surface area (Å²) in [6, 6.07) is 11.5. The maximum Gasteiger partial charge on any atom is 0.265 e. The highest BCUT2D eigenvalue weighted by molar-refractivity contribution is 6.32. The van der Waals surface area contributed by atoms with Gasteiger partial charge in [0.05, 0.1) is 0 Å². The van der Waals surface area contributed by atoms with Crippen LogP contribution in [0.2, 0.25) is 5.02 Å². The van der Waals surface area contributed by atoms with Gasteiger partial charge in [-0.2, -0.15) is 0 Å². The number of benzene rings is 2. The van der Waals surface area contributed by atoms with Gasteiger partial charge in [0.2, 0.25) is 0 Å². The molecule has 128 valence electrons. The predicted molar refractivity (Wildman–Crippen MR) is 100 cm³/mol. The smallest absolute Gasteiger partial charge is 0.265 e. The first-order valence-corrected chi connectivity index (χ1v) is 8.68. The Kier molecular flexibility index (Phi) is 6.27. The monoisotopic (exact) mass is 345 g/mol. The normalized spacial score (nSPS) is 11.9. The van der Waals surface area contributed by atoms with Gasteiger partial charge >= 0.3 is 0 Å². The number of halogens is 1. The predicted octanol–water partition coefficient (Wildman–Crippen LogP) is 5.18. The largest absolute Gasteiger partial charge is 0.481 e. The van der Waals surface area contributed by atoms with Crippen molar-refractivity contribution in [2.45, 2.75) is 46.6 Å². The zero-order valence-electron chi connectivity index (χ0n) is 14.7. The van der Waals surface area contributed by atoms with E-state index in [-0.39, 0.29) is 5.91 Å². The molecule has 4 heteroatoms. The van der Waals surface area contributed by atoms with Crippen molar-refractivity contribution in [2.24, 2.45) is 0 Å². The maximum absolute atomic E-state index is 12.6. The molecule has 0 saturated heterocycles. The second-order valence-corrected chi connectivity index (χ2v) is 6.24. The summed E-state index contributed by atoms with van der Waals surface area (Å²) < 4.78 is 5.76. The van der Waals surface area contributed by atoms with Gasteiger partial charge in [-0.25, -0.2) is 0 Å². The van der Waals surface area contributed by atoms with Crippen LogP contribution < -0.4 is 10.1 Å². The number of rotatable bonds is 6. The van der Waals surface area contributed by atoms with Crippen molar-refractivity contribution in [1.29, 1.82) is 0 Å². The van der Waals surface area contributed by atoms with E-state index in [2.05, 4.69) is 12.2 Å². The summed E-state index contributed by atoms with van der Waals surface area (Å²) in [4.78, 5) is 12.6. The van der Waals surface area contributed by atoms with E-state index in [1.807, 2.05) is 50.2 Å². The van der Waals surface area contributed by atoms with Crippen LogP contribution >= 0.6 is 11.6 Å². The SMILES string of the molecule is CCc1ccc(Cl)c(CC)c1NC(=O)C(C)Oc1cccc(C)c1. The molecule has 0 heterocycles. The fourth-order valence-electron chi connectivity index (χ4n) is 2.64. The molecule has 0 bridgehead atoms. The number of aryl methyl sites for hydroxylation is 2. The van der Waals surface area contributed by atoms with Gasteiger partial charge < -0.3 is 10.1 Å². The Balaban J connectivity index is 2.18. The third-order valence-corrected chi connectivity index (χ3v) is 4.35. The highest BCUT2D eigenvalue weighted by atomic mass is 35.5. The number of carbonyl (C=O) groups excluding carboxylic acids is 1. The Morgan fingerprint density at radius 3 is 2.58 bits per heavy atom. The Bertz CT molecular complexity index is 728. The van der Waals surface area contributed by atoms with Crippen molar-refractivity contribution in [2.75, 3.05) is 5.32 Å². The first-order valence-electron chi connectivity index (χ1n) is 8.30. The highest BCUT2D eigenvalue weighted by Gasteiger charge is 2.19. The van der Waals surface area contributed by atoms with E-state index in [9.17, 15) is 4.79 Å². The summed E-state index contributed by atoms with van der Waals surface area (Å²) >= 11 is 6.29. The van der Waals surface area contributed by atoms with Gasteiger partial charge in [0.1, 0.15) is 5.75 Å². The molecule has 0 fully saturated rings. The van der Waals surface area contributed by atoms with Crippen molar-refractivity contribution in [1.82, 2.24) is 0 Å². The van der Waals surface area contributed by atoms with Crippen LogP contribution in [0.25, 0.3) is 0 Å². The molecule has 1 atom stereocenters. The van der Waals surface area contributed by atoms with Crippen LogP contribution in [0, 0.1) is 6.92 Å². The minimum atomic E-state index is -0.597. The van der Waals surface area contributed by atoms with E-state index >= 15 is 0 Å². The standard InChI is InChI=1S/C20H24ClNO2/c1-5-15-10-11-18(21)17(6-2)19(15)22-20(23)14(4)24-16-9-7-8-13(3)12-16/h7-12,14H,5-6H2,1-4H3,(H,22,23). The molecule has 3 nitrogen and oxygen atoms in total. The quantitative estimate of drug-likeness (QED) is 0.783. The van der Waals surface area contributed by atoms with E-state index in [4.69, 9.17) is 16.3 Å².